The molecular weight excluding hydrogens is 174 g/mol. The lowest BCUT2D eigenvalue weighted by atomic mass is 10.4. The number of nitrogens with one attached hydrogen (secondary N) is 1. The fourth-order valence-electron chi connectivity index (χ4n) is 0.922. The van der Waals surface area contributed by atoms with Gasteiger partial charge < -0.3 is 5.32 Å². The minimum absolute atomic E-state index is 0.142. The molecule has 0 heterocycles. The quantitative estimate of drug-likeness (QED) is 0.675. The number of rotatable bonds is 5. The van der Waals surface area contributed by atoms with Gasteiger partial charge in [-0.15, -0.1) is 0 Å². The highest BCUT2D eigenvalue weighted by Crippen LogP contribution is 2.28. The lowest BCUT2D eigenvalue weighted by Crippen LogP contribution is -2.29. The summed E-state index contributed by atoms with van der Waals surface area (Å²) < 4.78 is 10.9. The van der Waals surface area contributed by atoms with Gasteiger partial charge in [-0.3, -0.25) is 9.00 Å². The molecule has 12 heavy (non-hydrogen) atoms. The van der Waals surface area contributed by atoms with Crippen molar-refractivity contribution in [2.45, 2.75) is 19.8 Å². The highest BCUT2D eigenvalue weighted by molar-refractivity contribution is 7.84. The molecule has 1 N–H and O–H groups in total. The molecule has 1 atom stereocenters. The topological polar surface area (TPSA) is 46.2 Å². The second-order valence-electron chi connectivity index (χ2n) is 3.00. The van der Waals surface area contributed by atoms with E-state index < -0.39 is 10.8 Å². The molecule has 0 bridgehead atoms. The summed E-state index contributed by atoms with van der Waals surface area (Å²) in [6.07, 6.45) is 2.06. The lowest BCUT2D eigenvalue weighted by Gasteiger charge is -2.02. The maximum absolute atomic E-state index is 11.1. The Labute approximate surface area is 75.4 Å². The average molecular weight is 189 g/mol. The van der Waals surface area contributed by atoms with E-state index in [0.29, 0.717) is 18.1 Å². The van der Waals surface area contributed by atoms with Crippen molar-refractivity contribution in [1.82, 2.24) is 5.32 Å². The largest absolute Gasteiger partial charge is 0.355 e. The van der Waals surface area contributed by atoms with Crippen LogP contribution in [0.25, 0.3) is 0 Å². The molecule has 1 unspecified atom stereocenters. The van der Waals surface area contributed by atoms with Crippen molar-refractivity contribution in [3.05, 3.63) is 0 Å². The zero-order chi connectivity index (χ0) is 8.97. The van der Waals surface area contributed by atoms with Gasteiger partial charge in [-0.2, -0.15) is 0 Å². The molecule has 1 rings (SSSR count). The molecular formula is C8H15NO2S. The Bertz CT molecular complexity index is 189. The van der Waals surface area contributed by atoms with E-state index in [1.54, 1.807) is 0 Å². The molecule has 70 valence electrons. The van der Waals surface area contributed by atoms with E-state index in [1.807, 2.05) is 6.92 Å². The van der Waals surface area contributed by atoms with E-state index in [0.717, 1.165) is 12.8 Å². The van der Waals surface area contributed by atoms with Crippen molar-refractivity contribution < 1.29 is 9.00 Å². The molecule has 3 nitrogen and oxygen atoms in total. The van der Waals surface area contributed by atoms with Gasteiger partial charge in [-0.1, -0.05) is 6.92 Å². The van der Waals surface area contributed by atoms with Crippen LogP contribution in [0.4, 0.5) is 0 Å². The highest BCUT2D eigenvalue weighted by atomic mass is 32.2. The predicted molar refractivity (Wildman–Crippen MR) is 49.3 cm³/mol. The molecule has 1 amide bonds. The minimum atomic E-state index is -0.751. The number of carbonyl (C=O) groups is 1. The smallest absolute Gasteiger partial charge is 0.223 e. The average Bonchev–Trinajstić information content (AvgIpc) is 2.86. The van der Waals surface area contributed by atoms with Gasteiger partial charge >= 0.3 is 0 Å². The van der Waals surface area contributed by atoms with Crippen LogP contribution in [0.3, 0.4) is 0 Å². The monoisotopic (exact) mass is 189 g/mol. The normalized spacial score (nSPS) is 18.8. The third kappa shape index (κ3) is 3.34. The van der Waals surface area contributed by atoms with Crippen molar-refractivity contribution in [2.75, 3.05) is 18.1 Å². The first-order chi connectivity index (χ1) is 5.74. The summed E-state index contributed by atoms with van der Waals surface area (Å²) in [6, 6.07) is 0. The Kier molecular flexibility index (Phi) is 3.72. The Morgan fingerprint density at radius 1 is 1.58 bits per heavy atom. The van der Waals surface area contributed by atoms with Crippen molar-refractivity contribution in [1.29, 1.82) is 0 Å². The van der Waals surface area contributed by atoms with Crippen LogP contribution in [0, 0.1) is 5.92 Å². The summed E-state index contributed by atoms with van der Waals surface area (Å²) >= 11 is 0. The highest BCUT2D eigenvalue weighted by Gasteiger charge is 2.28. The molecule has 4 heteroatoms. The van der Waals surface area contributed by atoms with Gasteiger partial charge in [-0.05, 0) is 12.8 Å². The summed E-state index contributed by atoms with van der Waals surface area (Å²) in [5.41, 5.74) is 0. The van der Waals surface area contributed by atoms with E-state index in [1.165, 1.54) is 0 Å². The second kappa shape index (κ2) is 4.60. The van der Waals surface area contributed by atoms with Gasteiger partial charge in [0.25, 0.3) is 0 Å². The first kappa shape index (κ1) is 9.71. The van der Waals surface area contributed by atoms with E-state index in [-0.39, 0.29) is 11.8 Å². The molecule has 0 radical (unpaired) electrons. The van der Waals surface area contributed by atoms with Gasteiger partial charge in [0.15, 0.2) is 0 Å². The Hall–Kier alpha value is -0.380. The standard InChI is InChI=1S/C8H15NO2S/c1-2-12(11)6-5-9-8(10)7-3-4-7/h7H,2-6H2,1H3,(H,9,10). The van der Waals surface area contributed by atoms with Crippen molar-refractivity contribution in [2.24, 2.45) is 5.92 Å². The molecule has 0 aromatic heterocycles. The Morgan fingerprint density at radius 3 is 2.75 bits per heavy atom. The molecule has 0 spiro atoms. The van der Waals surface area contributed by atoms with Crippen LogP contribution < -0.4 is 5.32 Å². The first-order valence-electron chi connectivity index (χ1n) is 4.36. The molecule has 1 aliphatic carbocycles. The molecule has 1 fully saturated rings. The zero-order valence-electron chi connectivity index (χ0n) is 7.34. The maximum atomic E-state index is 11.1. The summed E-state index contributed by atoms with van der Waals surface area (Å²) in [5, 5.41) is 2.78. The lowest BCUT2D eigenvalue weighted by molar-refractivity contribution is -0.122. The van der Waals surface area contributed by atoms with E-state index in [9.17, 15) is 9.00 Å². The number of hydrogen-bond donors (Lipinski definition) is 1. The van der Waals surface area contributed by atoms with Crippen LogP contribution in [-0.2, 0) is 15.6 Å². The third-order valence-electron chi connectivity index (χ3n) is 1.90. The van der Waals surface area contributed by atoms with Gasteiger partial charge in [0.1, 0.15) is 0 Å². The fourth-order valence-corrected chi connectivity index (χ4v) is 1.54. The first-order valence-corrected chi connectivity index (χ1v) is 5.85. The number of carbonyl (C=O) groups excluding carboxylic acids is 1. The van der Waals surface area contributed by atoms with Gasteiger partial charge in [-0.25, -0.2) is 0 Å². The van der Waals surface area contributed by atoms with Crippen LogP contribution in [0.5, 0.6) is 0 Å². The summed E-state index contributed by atoms with van der Waals surface area (Å²) in [5.74, 6) is 1.68. The fraction of sp³-hybridized carbons (Fsp3) is 0.875. The summed E-state index contributed by atoms with van der Waals surface area (Å²) in [6.45, 7) is 2.45. The zero-order valence-corrected chi connectivity index (χ0v) is 8.15. The van der Waals surface area contributed by atoms with Crippen LogP contribution in [-0.4, -0.2) is 28.2 Å². The van der Waals surface area contributed by atoms with E-state index in [2.05, 4.69) is 5.32 Å². The van der Waals surface area contributed by atoms with Crippen LogP contribution in [0.1, 0.15) is 19.8 Å². The molecule has 0 saturated heterocycles. The number of amides is 1. The molecule has 1 aliphatic rings. The second-order valence-corrected chi connectivity index (χ2v) is 4.86. The molecule has 0 aromatic carbocycles. The van der Waals surface area contributed by atoms with Gasteiger partial charge in [0.05, 0.1) is 0 Å². The van der Waals surface area contributed by atoms with E-state index >= 15 is 0 Å². The molecule has 0 aromatic rings. The van der Waals surface area contributed by atoms with Crippen LogP contribution in [0.2, 0.25) is 0 Å². The van der Waals surface area contributed by atoms with Gasteiger partial charge in [0, 0.05) is 34.8 Å². The molecule has 0 aliphatic heterocycles. The summed E-state index contributed by atoms with van der Waals surface area (Å²) in [4.78, 5) is 11.1. The van der Waals surface area contributed by atoms with Crippen LogP contribution in [0.15, 0.2) is 0 Å². The third-order valence-corrected chi connectivity index (χ3v) is 3.20. The maximum Gasteiger partial charge on any atom is 0.223 e. The molecule has 1 saturated carbocycles. The van der Waals surface area contributed by atoms with Crippen molar-refractivity contribution in [3.8, 4) is 0 Å². The SMILES string of the molecule is CCS(=O)CCNC(=O)C1CC1. The van der Waals surface area contributed by atoms with Crippen molar-refractivity contribution >= 4 is 16.7 Å². The Morgan fingerprint density at radius 2 is 2.25 bits per heavy atom. The van der Waals surface area contributed by atoms with Gasteiger partial charge in [0.2, 0.25) is 5.91 Å². The van der Waals surface area contributed by atoms with Crippen molar-refractivity contribution in [3.63, 3.8) is 0 Å². The number of hydrogen-bond acceptors (Lipinski definition) is 2. The Balaban J connectivity index is 2.01. The minimum Gasteiger partial charge on any atom is -0.355 e. The summed E-state index contributed by atoms with van der Waals surface area (Å²) in [7, 11) is -0.751. The van der Waals surface area contributed by atoms with E-state index in [4.69, 9.17) is 0 Å². The predicted octanol–water partition coefficient (Wildman–Crippen LogP) is 0.281. The van der Waals surface area contributed by atoms with Crippen LogP contribution >= 0.6 is 0 Å².